The summed E-state index contributed by atoms with van der Waals surface area (Å²) in [6.07, 6.45) is 0.846. The lowest BCUT2D eigenvalue weighted by Gasteiger charge is -2.56. The van der Waals surface area contributed by atoms with Crippen LogP contribution in [0.1, 0.15) is 58.9 Å². The van der Waals surface area contributed by atoms with Crippen LogP contribution in [0, 0.1) is 23.2 Å². The third-order valence-electron chi connectivity index (χ3n) is 9.29. The number of carbonyl (C=O) groups excluding carboxylic acids is 1. The Hall–Kier alpha value is -1.89. The van der Waals surface area contributed by atoms with Gasteiger partial charge in [-0.15, -0.1) is 0 Å². The van der Waals surface area contributed by atoms with Crippen molar-refractivity contribution in [2.24, 2.45) is 23.2 Å². The molecule has 2 N–H and O–H groups in total. The number of esters is 1. The monoisotopic (exact) mass is 456 g/mol. The van der Waals surface area contributed by atoms with Crippen molar-refractivity contribution in [1.29, 1.82) is 0 Å². The molecule has 0 amide bonds. The number of ether oxygens (including phenoxy) is 3. The molecule has 2 heterocycles. The summed E-state index contributed by atoms with van der Waals surface area (Å²) in [7, 11) is 1.64. The third kappa shape index (κ3) is 2.93. The summed E-state index contributed by atoms with van der Waals surface area (Å²) in [6.45, 7) is 8.69. The van der Waals surface area contributed by atoms with E-state index in [-0.39, 0.29) is 30.3 Å². The highest BCUT2D eigenvalue weighted by molar-refractivity contribution is 5.75. The van der Waals surface area contributed by atoms with E-state index in [1.54, 1.807) is 7.11 Å². The van der Waals surface area contributed by atoms with Gasteiger partial charge in [-0.3, -0.25) is 4.79 Å². The lowest BCUT2D eigenvalue weighted by molar-refractivity contribution is -0.230. The van der Waals surface area contributed by atoms with Gasteiger partial charge >= 0.3 is 5.97 Å². The van der Waals surface area contributed by atoms with Gasteiger partial charge in [0.25, 0.3) is 0 Å². The van der Waals surface area contributed by atoms with Crippen molar-refractivity contribution in [3.8, 4) is 5.75 Å². The molecule has 2 aliphatic heterocycles. The summed E-state index contributed by atoms with van der Waals surface area (Å²) >= 11 is 0. The van der Waals surface area contributed by atoms with Gasteiger partial charge in [0.1, 0.15) is 17.0 Å². The molecular weight excluding hydrogens is 420 g/mol. The number of methoxy groups -OCH3 is 1. The second kappa shape index (κ2) is 7.56. The Labute approximate surface area is 195 Å². The maximum atomic E-state index is 12.8. The minimum absolute atomic E-state index is 0.0872. The number of hydrogen-bond acceptors (Lipinski definition) is 6. The average Bonchev–Trinajstić information content (AvgIpc) is 3.23. The Bertz CT molecular complexity index is 983. The Morgan fingerprint density at radius 3 is 2.55 bits per heavy atom. The van der Waals surface area contributed by atoms with E-state index < -0.39 is 22.7 Å². The van der Waals surface area contributed by atoms with Gasteiger partial charge in [-0.25, -0.2) is 0 Å². The molecule has 0 radical (unpaired) electrons. The van der Waals surface area contributed by atoms with Crippen LogP contribution in [-0.2, 0) is 20.9 Å². The zero-order valence-electron chi connectivity index (χ0n) is 20.3. The van der Waals surface area contributed by atoms with E-state index in [4.69, 9.17) is 14.2 Å². The standard InChI is InChI=1S/C27H36O6/c1-15(2)19-12-20-22(23(19)32-14-17-6-8-18(31-5)9-7-17)24-27(30)16(3)10-11-26(27,29)25(20,4)13-21(28)33-24/h6-9,15-16,19,23-24,29-30H,10-14H2,1-5H3/t16?,19-,23+,24?,25?,26+,27?/m1/s1. The molecule has 33 heavy (non-hydrogen) atoms. The first-order valence-electron chi connectivity index (χ1n) is 12.2. The molecule has 7 atom stereocenters. The van der Waals surface area contributed by atoms with Crippen LogP contribution >= 0.6 is 0 Å². The summed E-state index contributed by atoms with van der Waals surface area (Å²) in [4.78, 5) is 12.8. The Morgan fingerprint density at radius 1 is 1.21 bits per heavy atom. The van der Waals surface area contributed by atoms with Gasteiger partial charge in [-0.05, 0) is 54.7 Å². The normalized spacial score (nSPS) is 41.8. The molecule has 1 saturated carbocycles. The first kappa shape index (κ1) is 22.9. The van der Waals surface area contributed by atoms with Gasteiger partial charge in [0.15, 0.2) is 6.10 Å². The SMILES string of the molecule is COc1ccc(CO[C@@H]2C3=C(C[C@@H]2C(C)C)C2(C)CC(=O)OC3C3(O)C(C)CC[C@]23O)cc1. The van der Waals surface area contributed by atoms with Crippen LogP contribution in [0.3, 0.4) is 0 Å². The van der Waals surface area contributed by atoms with Crippen LogP contribution in [0.2, 0.25) is 0 Å². The van der Waals surface area contributed by atoms with Crippen LogP contribution in [0.15, 0.2) is 35.4 Å². The Morgan fingerprint density at radius 2 is 1.91 bits per heavy atom. The first-order valence-corrected chi connectivity index (χ1v) is 12.2. The van der Waals surface area contributed by atoms with Gasteiger partial charge in [-0.2, -0.15) is 0 Å². The number of rotatable bonds is 5. The number of fused-ring (bicyclic) bond motifs is 2. The second-order valence-electron chi connectivity index (χ2n) is 11.1. The fraction of sp³-hybridized carbons (Fsp3) is 0.667. The van der Waals surface area contributed by atoms with E-state index in [1.165, 1.54) is 0 Å². The Balaban J connectivity index is 1.57. The third-order valence-corrected chi connectivity index (χ3v) is 9.29. The molecule has 0 spiro atoms. The summed E-state index contributed by atoms with van der Waals surface area (Å²) in [5.74, 6) is 0.774. The smallest absolute Gasteiger partial charge is 0.307 e. The van der Waals surface area contributed by atoms with E-state index in [0.717, 1.165) is 28.9 Å². The molecule has 0 aromatic heterocycles. The fourth-order valence-electron chi connectivity index (χ4n) is 7.22. The molecule has 2 fully saturated rings. The summed E-state index contributed by atoms with van der Waals surface area (Å²) in [6, 6.07) is 7.80. The minimum atomic E-state index is -1.51. The topological polar surface area (TPSA) is 85.2 Å². The highest BCUT2D eigenvalue weighted by Crippen LogP contribution is 2.68. The average molecular weight is 457 g/mol. The zero-order chi connectivity index (χ0) is 23.8. The van der Waals surface area contributed by atoms with Crippen molar-refractivity contribution in [3.63, 3.8) is 0 Å². The molecule has 4 unspecified atom stereocenters. The van der Waals surface area contributed by atoms with E-state index in [2.05, 4.69) is 13.8 Å². The van der Waals surface area contributed by atoms with Crippen molar-refractivity contribution in [2.75, 3.05) is 7.11 Å². The largest absolute Gasteiger partial charge is 0.497 e. The van der Waals surface area contributed by atoms with Crippen molar-refractivity contribution in [3.05, 3.63) is 41.0 Å². The van der Waals surface area contributed by atoms with Gasteiger partial charge in [0, 0.05) is 11.0 Å². The first-order chi connectivity index (χ1) is 15.6. The second-order valence-corrected chi connectivity index (χ2v) is 11.1. The molecule has 3 aliphatic carbocycles. The van der Waals surface area contributed by atoms with E-state index in [9.17, 15) is 15.0 Å². The number of benzene rings is 1. The van der Waals surface area contributed by atoms with Gasteiger partial charge < -0.3 is 24.4 Å². The highest BCUT2D eigenvalue weighted by Gasteiger charge is 2.77. The van der Waals surface area contributed by atoms with Gasteiger partial charge in [0.05, 0.1) is 26.2 Å². The molecule has 2 bridgehead atoms. The van der Waals surface area contributed by atoms with E-state index in [1.807, 2.05) is 38.1 Å². The maximum absolute atomic E-state index is 12.8. The lowest BCUT2D eigenvalue weighted by atomic mass is 9.54. The molecule has 6 heteroatoms. The number of hydrogen-bond donors (Lipinski definition) is 2. The molecule has 5 aliphatic rings. The van der Waals surface area contributed by atoms with Gasteiger partial charge in [0.2, 0.25) is 0 Å². The predicted molar refractivity (Wildman–Crippen MR) is 122 cm³/mol. The number of carbonyl (C=O) groups is 1. The summed E-state index contributed by atoms with van der Waals surface area (Å²) in [5.41, 5.74) is -0.771. The van der Waals surface area contributed by atoms with Crippen LogP contribution < -0.4 is 4.74 Å². The predicted octanol–water partition coefficient (Wildman–Crippen LogP) is 3.78. The van der Waals surface area contributed by atoms with Crippen LogP contribution in [0.4, 0.5) is 0 Å². The van der Waals surface area contributed by atoms with Crippen LogP contribution in [0.5, 0.6) is 5.75 Å². The molecular formula is C27H36O6. The molecule has 1 aromatic rings. The lowest BCUT2D eigenvalue weighted by Crippen LogP contribution is -2.69. The minimum Gasteiger partial charge on any atom is -0.497 e. The highest BCUT2D eigenvalue weighted by atomic mass is 16.6. The van der Waals surface area contributed by atoms with Crippen molar-refractivity contribution in [2.45, 2.75) is 83.4 Å². The number of aliphatic hydroxyl groups is 2. The quantitative estimate of drug-likeness (QED) is 0.518. The van der Waals surface area contributed by atoms with Crippen molar-refractivity contribution >= 4 is 5.97 Å². The Kier molecular flexibility index (Phi) is 5.24. The van der Waals surface area contributed by atoms with Crippen molar-refractivity contribution in [1.82, 2.24) is 0 Å². The molecule has 1 aromatic carbocycles. The summed E-state index contributed by atoms with van der Waals surface area (Å²) in [5, 5.41) is 24.1. The molecule has 180 valence electrons. The molecule has 6 rings (SSSR count). The fourth-order valence-corrected chi connectivity index (χ4v) is 7.22. The van der Waals surface area contributed by atoms with Gasteiger partial charge in [-0.1, -0.05) is 45.4 Å². The van der Waals surface area contributed by atoms with Crippen LogP contribution in [0.25, 0.3) is 0 Å². The van der Waals surface area contributed by atoms with E-state index in [0.29, 0.717) is 25.4 Å². The molecule has 6 nitrogen and oxygen atoms in total. The van der Waals surface area contributed by atoms with E-state index >= 15 is 0 Å². The molecule has 1 saturated heterocycles. The maximum Gasteiger partial charge on any atom is 0.307 e. The zero-order valence-corrected chi connectivity index (χ0v) is 20.3. The van der Waals surface area contributed by atoms with Crippen LogP contribution in [-0.4, -0.2) is 46.7 Å². The van der Waals surface area contributed by atoms with Crippen molar-refractivity contribution < 1.29 is 29.2 Å². The summed E-state index contributed by atoms with van der Waals surface area (Å²) < 4.78 is 17.8.